The van der Waals surface area contributed by atoms with Crippen molar-refractivity contribution in [3.05, 3.63) is 77.4 Å². The fraction of sp³-hybridized carbons (Fsp3) is 0.227. The number of hydrogen-bond donors (Lipinski definition) is 0. The highest BCUT2D eigenvalue weighted by atomic mass is 16.5. The van der Waals surface area contributed by atoms with Crippen molar-refractivity contribution in [3.8, 4) is 5.75 Å². The van der Waals surface area contributed by atoms with E-state index in [9.17, 15) is 14.4 Å². The first-order valence-electron chi connectivity index (χ1n) is 8.98. The molecule has 1 aliphatic heterocycles. The summed E-state index contributed by atoms with van der Waals surface area (Å²) in [7, 11) is 1.67. The van der Waals surface area contributed by atoms with Crippen LogP contribution >= 0.6 is 0 Å². The summed E-state index contributed by atoms with van der Waals surface area (Å²) < 4.78 is 5.68. The standard InChI is InChI=1S/C22H22N2O4/c1-4-10-24-21(26)18-9-8-16(14-19(18)22(24)27)20(25)23(3)11-12-28-17-7-5-6-15(2)13-17/h4-9,13-14H,1,10-12H2,2-3H3. The maximum Gasteiger partial charge on any atom is 0.261 e. The van der Waals surface area contributed by atoms with Crippen LogP contribution < -0.4 is 4.74 Å². The van der Waals surface area contributed by atoms with E-state index in [1.807, 2.05) is 31.2 Å². The number of rotatable bonds is 7. The fourth-order valence-electron chi connectivity index (χ4n) is 3.05. The predicted octanol–water partition coefficient (Wildman–Crippen LogP) is 2.93. The summed E-state index contributed by atoms with van der Waals surface area (Å²) in [5, 5.41) is 0. The molecule has 2 aromatic rings. The first-order valence-corrected chi connectivity index (χ1v) is 8.98. The average molecular weight is 378 g/mol. The normalized spacial score (nSPS) is 12.7. The first-order chi connectivity index (χ1) is 13.4. The van der Waals surface area contributed by atoms with E-state index < -0.39 is 5.91 Å². The highest BCUT2D eigenvalue weighted by Crippen LogP contribution is 2.24. The van der Waals surface area contributed by atoms with Crippen molar-refractivity contribution in [2.24, 2.45) is 0 Å². The largest absolute Gasteiger partial charge is 0.492 e. The van der Waals surface area contributed by atoms with Gasteiger partial charge in [-0.05, 0) is 42.8 Å². The van der Waals surface area contributed by atoms with E-state index in [1.165, 1.54) is 23.1 Å². The van der Waals surface area contributed by atoms with Crippen LogP contribution in [0.4, 0.5) is 0 Å². The zero-order chi connectivity index (χ0) is 20.3. The number of hydrogen-bond acceptors (Lipinski definition) is 4. The zero-order valence-electron chi connectivity index (χ0n) is 16.0. The molecule has 144 valence electrons. The number of nitrogens with zero attached hydrogens (tertiary/aromatic N) is 2. The fourth-order valence-corrected chi connectivity index (χ4v) is 3.05. The highest BCUT2D eigenvalue weighted by molar-refractivity contribution is 6.22. The van der Waals surface area contributed by atoms with Crippen molar-refractivity contribution >= 4 is 17.7 Å². The van der Waals surface area contributed by atoms with E-state index in [0.717, 1.165) is 16.2 Å². The van der Waals surface area contributed by atoms with Gasteiger partial charge in [0.05, 0.1) is 17.7 Å². The van der Waals surface area contributed by atoms with Crippen molar-refractivity contribution < 1.29 is 19.1 Å². The molecule has 0 aliphatic carbocycles. The zero-order valence-corrected chi connectivity index (χ0v) is 16.0. The summed E-state index contributed by atoms with van der Waals surface area (Å²) in [6.07, 6.45) is 1.50. The Kier molecular flexibility index (Phi) is 5.59. The predicted molar refractivity (Wildman–Crippen MR) is 106 cm³/mol. The van der Waals surface area contributed by atoms with Crippen LogP contribution in [0.3, 0.4) is 0 Å². The monoisotopic (exact) mass is 378 g/mol. The molecule has 0 atom stereocenters. The van der Waals surface area contributed by atoms with E-state index in [1.54, 1.807) is 13.1 Å². The molecule has 28 heavy (non-hydrogen) atoms. The van der Waals surface area contributed by atoms with Gasteiger partial charge in [0.15, 0.2) is 0 Å². The Morgan fingerprint density at radius 3 is 2.61 bits per heavy atom. The molecule has 3 amide bonds. The number of benzene rings is 2. The van der Waals surface area contributed by atoms with E-state index in [-0.39, 0.29) is 23.9 Å². The second-order valence-corrected chi connectivity index (χ2v) is 6.66. The number of amides is 3. The molecule has 6 nitrogen and oxygen atoms in total. The van der Waals surface area contributed by atoms with Crippen LogP contribution in [0.25, 0.3) is 0 Å². The van der Waals surface area contributed by atoms with E-state index in [4.69, 9.17) is 4.74 Å². The minimum Gasteiger partial charge on any atom is -0.492 e. The summed E-state index contributed by atoms with van der Waals surface area (Å²) in [6.45, 7) is 6.43. The summed E-state index contributed by atoms with van der Waals surface area (Å²) in [5.41, 5.74) is 2.03. The molecule has 0 aromatic heterocycles. The lowest BCUT2D eigenvalue weighted by Gasteiger charge is -2.18. The Morgan fingerprint density at radius 1 is 1.14 bits per heavy atom. The number of imide groups is 1. The Labute approximate surface area is 164 Å². The number of likely N-dealkylation sites (N-methyl/N-ethyl adjacent to an activating group) is 1. The smallest absolute Gasteiger partial charge is 0.261 e. The van der Waals surface area contributed by atoms with Gasteiger partial charge in [-0.15, -0.1) is 6.58 Å². The first kappa shape index (κ1) is 19.4. The van der Waals surface area contributed by atoms with Crippen LogP contribution in [0.2, 0.25) is 0 Å². The lowest BCUT2D eigenvalue weighted by molar-refractivity contribution is 0.0671. The minimum absolute atomic E-state index is 0.145. The van der Waals surface area contributed by atoms with Gasteiger partial charge < -0.3 is 9.64 Å². The SMILES string of the molecule is C=CCN1C(=O)c2ccc(C(=O)N(C)CCOc3cccc(C)c3)cc2C1=O. The van der Waals surface area contributed by atoms with Crippen LogP contribution in [0.1, 0.15) is 36.6 Å². The van der Waals surface area contributed by atoms with Gasteiger partial charge >= 0.3 is 0 Å². The molecule has 1 heterocycles. The molecule has 6 heteroatoms. The van der Waals surface area contributed by atoms with Gasteiger partial charge in [0.25, 0.3) is 17.7 Å². The molecular weight excluding hydrogens is 356 g/mol. The number of fused-ring (bicyclic) bond motifs is 1. The Morgan fingerprint density at radius 2 is 1.89 bits per heavy atom. The molecule has 1 aliphatic rings. The third kappa shape index (κ3) is 3.81. The van der Waals surface area contributed by atoms with Crippen molar-refractivity contribution in [3.63, 3.8) is 0 Å². The van der Waals surface area contributed by atoms with Crippen LogP contribution in [0, 0.1) is 6.92 Å². The molecular formula is C22H22N2O4. The second-order valence-electron chi connectivity index (χ2n) is 6.66. The van der Waals surface area contributed by atoms with Crippen molar-refractivity contribution in [1.29, 1.82) is 0 Å². The summed E-state index contributed by atoms with van der Waals surface area (Å²) in [4.78, 5) is 40.0. The maximum absolute atomic E-state index is 12.7. The molecule has 0 fully saturated rings. The molecule has 0 unspecified atom stereocenters. The molecule has 0 N–H and O–H groups in total. The molecule has 0 saturated carbocycles. The lowest BCUT2D eigenvalue weighted by Crippen LogP contribution is -2.31. The van der Waals surface area contributed by atoms with Crippen LogP contribution in [-0.2, 0) is 0 Å². The number of carbonyl (C=O) groups excluding carboxylic acids is 3. The quantitative estimate of drug-likeness (QED) is 0.549. The van der Waals surface area contributed by atoms with Crippen LogP contribution in [0.15, 0.2) is 55.1 Å². The highest BCUT2D eigenvalue weighted by Gasteiger charge is 2.35. The molecule has 0 saturated heterocycles. The Hall–Kier alpha value is -3.41. The number of carbonyl (C=O) groups is 3. The molecule has 2 aromatic carbocycles. The maximum atomic E-state index is 12.7. The van der Waals surface area contributed by atoms with Crippen molar-refractivity contribution in [2.45, 2.75) is 6.92 Å². The van der Waals surface area contributed by atoms with Gasteiger partial charge in [0.2, 0.25) is 0 Å². The number of aryl methyl sites for hydroxylation is 1. The van der Waals surface area contributed by atoms with Gasteiger partial charge in [-0.3, -0.25) is 19.3 Å². The lowest BCUT2D eigenvalue weighted by atomic mass is 10.1. The molecule has 3 rings (SSSR count). The van der Waals surface area contributed by atoms with Crippen LogP contribution in [-0.4, -0.2) is 54.3 Å². The van der Waals surface area contributed by atoms with Gasteiger partial charge in [-0.25, -0.2) is 0 Å². The molecule has 0 bridgehead atoms. The van der Waals surface area contributed by atoms with Gasteiger partial charge in [0.1, 0.15) is 12.4 Å². The van der Waals surface area contributed by atoms with Crippen molar-refractivity contribution in [1.82, 2.24) is 9.80 Å². The van der Waals surface area contributed by atoms with Gasteiger partial charge in [-0.2, -0.15) is 0 Å². The second kappa shape index (κ2) is 8.08. The third-order valence-corrected chi connectivity index (χ3v) is 4.56. The van der Waals surface area contributed by atoms with Crippen LogP contribution in [0.5, 0.6) is 5.75 Å². The van der Waals surface area contributed by atoms with Gasteiger partial charge in [-0.1, -0.05) is 18.2 Å². The molecule has 0 spiro atoms. The summed E-state index contributed by atoms with van der Waals surface area (Å²) >= 11 is 0. The van der Waals surface area contributed by atoms with E-state index in [2.05, 4.69) is 6.58 Å². The number of ether oxygens (including phenoxy) is 1. The average Bonchev–Trinajstić information content (AvgIpc) is 2.92. The summed E-state index contributed by atoms with van der Waals surface area (Å²) in [5.74, 6) is -0.248. The van der Waals surface area contributed by atoms with E-state index in [0.29, 0.717) is 24.3 Å². The van der Waals surface area contributed by atoms with Crippen molar-refractivity contribution in [2.75, 3.05) is 26.7 Å². The Bertz CT molecular complexity index is 951. The topological polar surface area (TPSA) is 66.9 Å². The summed E-state index contributed by atoms with van der Waals surface area (Å²) in [6, 6.07) is 12.3. The van der Waals surface area contributed by atoms with E-state index >= 15 is 0 Å². The molecule has 0 radical (unpaired) electrons. The minimum atomic E-state index is -0.403. The van der Waals surface area contributed by atoms with Gasteiger partial charge in [0, 0.05) is 19.2 Å². The third-order valence-electron chi connectivity index (χ3n) is 4.56. The Balaban J connectivity index is 1.65.